The zero-order valence-electron chi connectivity index (χ0n) is 16.6. The van der Waals surface area contributed by atoms with Gasteiger partial charge >= 0.3 is 11.9 Å². The molecule has 8 heteroatoms. The van der Waals surface area contributed by atoms with Gasteiger partial charge in [-0.2, -0.15) is 0 Å². The molecule has 3 rings (SSSR count). The van der Waals surface area contributed by atoms with E-state index >= 15 is 0 Å². The fourth-order valence-electron chi connectivity index (χ4n) is 3.88. The van der Waals surface area contributed by atoms with Gasteiger partial charge in [-0.25, -0.2) is 0 Å². The molecular formula is C22H21NO7. The predicted octanol–water partition coefficient (Wildman–Crippen LogP) is 3.30. The van der Waals surface area contributed by atoms with Crippen LogP contribution in [0, 0.1) is 21.4 Å². The molecule has 2 atom stereocenters. The Bertz CT molecular complexity index is 951. The molecule has 1 fully saturated rings. The lowest BCUT2D eigenvalue weighted by Gasteiger charge is -2.15. The minimum Gasteiger partial charge on any atom is -0.465 e. The number of nitro groups is 1. The van der Waals surface area contributed by atoms with Gasteiger partial charge in [-0.05, 0) is 19.4 Å². The van der Waals surface area contributed by atoms with Gasteiger partial charge in [0.25, 0.3) is 5.69 Å². The Balaban J connectivity index is 2.11. The van der Waals surface area contributed by atoms with E-state index < -0.39 is 34.1 Å². The summed E-state index contributed by atoms with van der Waals surface area (Å²) >= 11 is 0. The van der Waals surface area contributed by atoms with Crippen LogP contribution in [-0.2, 0) is 19.1 Å². The summed E-state index contributed by atoms with van der Waals surface area (Å²) in [6, 6.07) is 13.8. The average molecular weight is 411 g/mol. The summed E-state index contributed by atoms with van der Waals surface area (Å²) in [5.41, 5.74) is -1.15. The van der Waals surface area contributed by atoms with Crippen LogP contribution in [0.15, 0.2) is 54.6 Å². The molecule has 0 radical (unpaired) electrons. The number of nitro benzene ring substituents is 1. The van der Waals surface area contributed by atoms with Gasteiger partial charge in [-0.15, -0.1) is 0 Å². The maximum Gasteiger partial charge on any atom is 0.324 e. The third-order valence-corrected chi connectivity index (χ3v) is 5.24. The summed E-state index contributed by atoms with van der Waals surface area (Å²) in [5.74, 6) is -3.93. The van der Waals surface area contributed by atoms with E-state index in [1.54, 1.807) is 44.2 Å². The van der Waals surface area contributed by atoms with Crippen LogP contribution in [-0.4, -0.2) is 35.9 Å². The van der Waals surface area contributed by atoms with Crippen molar-refractivity contribution >= 4 is 23.4 Å². The average Bonchev–Trinajstić information content (AvgIpc) is 3.45. The van der Waals surface area contributed by atoms with Crippen molar-refractivity contribution in [2.75, 3.05) is 13.2 Å². The summed E-state index contributed by atoms with van der Waals surface area (Å²) in [6.45, 7) is 3.26. The number of esters is 2. The lowest BCUT2D eigenvalue weighted by molar-refractivity contribution is -0.384. The van der Waals surface area contributed by atoms with Gasteiger partial charge in [0, 0.05) is 23.6 Å². The van der Waals surface area contributed by atoms with Gasteiger partial charge in [0.15, 0.2) is 11.2 Å². The Labute approximate surface area is 172 Å². The van der Waals surface area contributed by atoms with Crippen molar-refractivity contribution in [3.05, 3.63) is 75.8 Å². The van der Waals surface area contributed by atoms with Crippen molar-refractivity contribution in [3.63, 3.8) is 0 Å². The number of carbonyl (C=O) groups excluding carboxylic acids is 3. The highest BCUT2D eigenvalue weighted by Gasteiger charge is 2.79. The minimum atomic E-state index is -1.82. The molecule has 1 aliphatic carbocycles. The highest BCUT2D eigenvalue weighted by Crippen LogP contribution is 2.67. The van der Waals surface area contributed by atoms with E-state index in [9.17, 15) is 24.5 Å². The molecule has 0 aromatic heterocycles. The predicted molar refractivity (Wildman–Crippen MR) is 106 cm³/mol. The molecule has 156 valence electrons. The van der Waals surface area contributed by atoms with Crippen molar-refractivity contribution < 1.29 is 28.8 Å². The van der Waals surface area contributed by atoms with Crippen molar-refractivity contribution in [2.45, 2.75) is 19.8 Å². The number of hydrogen-bond donors (Lipinski definition) is 0. The summed E-state index contributed by atoms with van der Waals surface area (Å²) in [4.78, 5) is 49.6. The Morgan fingerprint density at radius 2 is 1.47 bits per heavy atom. The minimum absolute atomic E-state index is 0.0270. The van der Waals surface area contributed by atoms with Gasteiger partial charge in [0.1, 0.15) is 0 Å². The zero-order valence-corrected chi connectivity index (χ0v) is 16.6. The molecule has 0 unspecified atom stereocenters. The number of rotatable bonds is 8. The number of ether oxygens (including phenoxy) is 2. The van der Waals surface area contributed by atoms with E-state index in [0.29, 0.717) is 11.1 Å². The largest absolute Gasteiger partial charge is 0.465 e. The zero-order chi connectivity index (χ0) is 21.9. The van der Waals surface area contributed by atoms with Crippen LogP contribution in [0.25, 0.3) is 0 Å². The van der Waals surface area contributed by atoms with Crippen LogP contribution in [0.5, 0.6) is 0 Å². The molecule has 0 spiro atoms. The normalized spacial score (nSPS) is 18.9. The van der Waals surface area contributed by atoms with Gasteiger partial charge in [0.2, 0.25) is 0 Å². The highest BCUT2D eigenvalue weighted by molar-refractivity contribution is 6.16. The smallest absolute Gasteiger partial charge is 0.324 e. The van der Waals surface area contributed by atoms with E-state index in [1.165, 1.54) is 24.3 Å². The van der Waals surface area contributed by atoms with Crippen LogP contribution in [0.3, 0.4) is 0 Å². The van der Waals surface area contributed by atoms with Gasteiger partial charge < -0.3 is 9.47 Å². The van der Waals surface area contributed by atoms with Crippen molar-refractivity contribution in [1.29, 1.82) is 0 Å². The van der Waals surface area contributed by atoms with Crippen molar-refractivity contribution in [1.82, 2.24) is 0 Å². The lowest BCUT2D eigenvalue weighted by Crippen LogP contribution is -2.34. The molecule has 8 nitrogen and oxygen atoms in total. The number of Topliss-reactive ketones (excluding diaryl/α,β-unsaturated/α-hetero) is 1. The highest BCUT2D eigenvalue weighted by atomic mass is 16.6. The second-order valence-electron chi connectivity index (χ2n) is 6.84. The number of benzene rings is 2. The molecule has 0 aliphatic heterocycles. The maximum absolute atomic E-state index is 13.3. The molecule has 30 heavy (non-hydrogen) atoms. The van der Waals surface area contributed by atoms with Crippen LogP contribution in [0.2, 0.25) is 0 Å². The van der Waals surface area contributed by atoms with Crippen molar-refractivity contribution in [3.8, 4) is 0 Å². The number of nitrogens with zero attached hydrogens (tertiary/aromatic N) is 1. The van der Waals surface area contributed by atoms with Crippen LogP contribution in [0.1, 0.15) is 35.7 Å². The molecule has 1 saturated carbocycles. The quantitative estimate of drug-likeness (QED) is 0.215. The van der Waals surface area contributed by atoms with E-state index in [0.717, 1.165) is 0 Å². The van der Waals surface area contributed by atoms with E-state index in [1.807, 2.05) is 0 Å². The Hall–Kier alpha value is -3.55. The SMILES string of the molecule is CCOC(=O)C1(C(=O)OCC)[C@H](C(=O)c2ccccc2)[C@H]1c1ccc([N+](=O)[O-])cc1. The fourth-order valence-corrected chi connectivity index (χ4v) is 3.88. The maximum atomic E-state index is 13.3. The third-order valence-electron chi connectivity index (χ3n) is 5.24. The molecule has 2 aromatic carbocycles. The summed E-state index contributed by atoms with van der Waals surface area (Å²) in [5, 5.41) is 11.0. The standard InChI is InChI=1S/C22H21NO7/c1-3-29-20(25)22(21(26)30-4-2)17(14-10-12-16(13-11-14)23(27)28)18(22)19(24)15-8-6-5-7-9-15/h5-13,17-18H,3-4H2,1-2H3/t17-,18+/m1/s1. The molecule has 0 N–H and O–H groups in total. The second-order valence-corrected chi connectivity index (χ2v) is 6.84. The second kappa shape index (κ2) is 8.44. The van der Waals surface area contributed by atoms with Crippen LogP contribution < -0.4 is 0 Å². The van der Waals surface area contributed by atoms with Crippen LogP contribution in [0.4, 0.5) is 5.69 Å². The first-order valence-corrected chi connectivity index (χ1v) is 9.57. The summed E-state index contributed by atoms with van der Waals surface area (Å²) < 4.78 is 10.3. The van der Waals surface area contributed by atoms with E-state index in [4.69, 9.17) is 9.47 Å². The first-order valence-electron chi connectivity index (χ1n) is 9.57. The number of non-ortho nitro benzene ring substituents is 1. The van der Waals surface area contributed by atoms with E-state index in [2.05, 4.69) is 0 Å². The number of hydrogen-bond acceptors (Lipinski definition) is 7. The monoisotopic (exact) mass is 411 g/mol. The number of carbonyl (C=O) groups is 3. The first kappa shape index (κ1) is 21.2. The molecule has 1 aliphatic rings. The summed E-state index contributed by atoms with van der Waals surface area (Å²) in [7, 11) is 0. The van der Waals surface area contributed by atoms with Gasteiger partial charge in [-0.1, -0.05) is 42.5 Å². The van der Waals surface area contributed by atoms with Gasteiger partial charge in [0.05, 0.1) is 24.1 Å². The Morgan fingerprint density at radius 1 is 0.933 bits per heavy atom. The lowest BCUT2D eigenvalue weighted by atomic mass is 9.97. The van der Waals surface area contributed by atoms with Crippen LogP contribution >= 0.6 is 0 Å². The van der Waals surface area contributed by atoms with Gasteiger partial charge in [-0.3, -0.25) is 24.5 Å². The molecule has 0 bridgehead atoms. The fraction of sp³-hybridized carbons (Fsp3) is 0.318. The van der Waals surface area contributed by atoms with Crippen molar-refractivity contribution in [2.24, 2.45) is 11.3 Å². The Kier molecular flexibility index (Phi) is 5.96. The summed E-state index contributed by atoms with van der Waals surface area (Å²) in [6.07, 6.45) is 0. The third kappa shape index (κ3) is 3.45. The molecule has 0 saturated heterocycles. The van der Waals surface area contributed by atoms with E-state index in [-0.39, 0.29) is 24.7 Å². The number of ketones is 1. The molecular weight excluding hydrogens is 390 g/mol. The molecule has 2 aromatic rings. The molecule has 0 amide bonds. The molecule has 0 heterocycles. The Morgan fingerprint density at radius 3 is 1.93 bits per heavy atom. The first-order chi connectivity index (χ1) is 14.4. The topological polar surface area (TPSA) is 113 Å².